The van der Waals surface area contributed by atoms with Crippen LogP contribution in [0.3, 0.4) is 0 Å². The van der Waals surface area contributed by atoms with E-state index in [1.54, 1.807) is 0 Å². The molecular weight excluding hydrogens is 180 g/mol. The summed E-state index contributed by atoms with van der Waals surface area (Å²) in [6.07, 6.45) is 18.9. The van der Waals surface area contributed by atoms with Gasteiger partial charge < -0.3 is 0 Å². The zero-order valence-electron chi connectivity index (χ0n) is 10.8. The fourth-order valence-corrected chi connectivity index (χ4v) is 1.86. The van der Waals surface area contributed by atoms with Gasteiger partial charge in [-0.2, -0.15) is 0 Å². The second kappa shape index (κ2) is 14.0. The molecule has 0 saturated carbocycles. The molecule has 2 radical (unpaired) electrons. The molecule has 0 unspecified atom stereocenters. The van der Waals surface area contributed by atoms with Gasteiger partial charge in [-0.3, -0.25) is 0 Å². The Morgan fingerprint density at radius 3 is 1.87 bits per heavy atom. The maximum atomic E-state index is 3.86. The van der Waals surface area contributed by atoms with Crippen LogP contribution in [-0.4, -0.2) is 0 Å². The fraction of sp³-hybridized carbons (Fsp3) is 0.867. The van der Waals surface area contributed by atoms with Crippen LogP contribution in [0.15, 0.2) is 0 Å². The van der Waals surface area contributed by atoms with E-state index in [-0.39, 0.29) is 0 Å². The lowest BCUT2D eigenvalue weighted by atomic mass is 10.1. The van der Waals surface area contributed by atoms with Crippen LogP contribution in [0, 0.1) is 13.3 Å². The molecule has 0 aliphatic carbocycles. The van der Waals surface area contributed by atoms with E-state index in [2.05, 4.69) is 20.3 Å². The topological polar surface area (TPSA) is 0 Å². The van der Waals surface area contributed by atoms with Crippen LogP contribution in [0.1, 0.15) is 84.0 Å². The van der Waals surface area contributed by atoms with E-state index in [4.69, 9.17) is 0 Å². The van der Waals surface area contributed by atoms with Gasteiger partial charge in [0, 0.05) is 0 Å². The lowest BCUT2D eigenvalue weighted by Gasteiger charge is -2.01. The van der Waals surface area contributed by atoms with E-state index in [1.165, 1.54) is 70.6 Å². The van der Waals surface area contributed by atoms with Crippen molar-refractivity contribution in [3.63, 3.8) is 0 Å². The first-order valence-corrected chi connectivity index (χ1v) is 7.02. The van der Waals surface area contributed by atoms with Crippen LogP contribution >= 0.6 is 0 Å². The number of hydrogen-bond acceptors (Lipinski definition) is 0. The number of unbranched alkanes of at least 4 members (excludes halogenated alkanes) is 12. The highest BCUT2D eigenvalue weighted by Crippen LogP contribution is 2.11. The van der Waals surface area contributed by atoms with Gasteiger partial charge in [0.05, 0.1) is 0 Å². The van der Waals surface area contributed by atoms with Crippen LogP contribution in [0.5, 0.6) is 0 Å². The van der Waals surface area contributed by atoms with Crippen LogP contribution in [0.2, 0.25) is 0 Å². The van der Waals surface area contributed by atoms with Crippen LogP contribution in [0.25, 0.3) is 0 Å². The summed E-state index contributed by atoms with van der Waals surface area (Å²) in [4.78, 5) is 0. The van der Waals surface area contributed by atoms with Gasteiger partial charge >= 0.3 is 0 Å². The maximum Gasteiger partial charge on any atom is -0.0386 e. The minimum Gasteiger partial charge on any atom is -0.0654 e. The second-order valence-electron chi connectivity index (χ2n) is 4.55. The van der Waals surface area contributed by atoms with Gasteiger partial charge in [-0.05, 0) is 6.42 Å². The standard InChI is InChI=1S/C15H30/c1-3-5-7-9-11-13-15-14-12-10-8-6-4-2/h12H,1,3-11,13-15H2,2H3. The Morgan fingerprint density at radius 2 is 1.27 bits per heavy atom. The maximum absolute atomic E-state index is 3.86. The lowest BCUT2D eigenvalue weighted by molar-refractivity contribution is 0.586. The van der Waals surface area contributed by atoms with E-state index in [1.807, 2.05) is 0 Å². The Bertz CT molecular complexity index is 84.2. The van der Waals surface area contributed by atoms with E-state index in [0.717, 1.165) is 6.42 Å². The summed E-state index contributed by atoms with van der Waals surface area (Å²) >= 11 is 0. The van der Waals surface area contributed by atoms with Crippen molar-refractivity contribution in [2.45, 2.75) is 84.0 Å². The average Bonchev–Trinajstić information content (AvgIpc) is 2.26. The van der Waals surface area contributed by atoms with Crippen molar-refractivity contribution in [3.8, 4) is 0 Å². The highest BCUT2D eigenvalue weighted by molar-refractivity contribution is 4.64. The first kappa shape index (κ1) is 15.0. The number of rotatable bonds is 12. The quantitative estimate of drug-likeness (QED) is 0.361. The molecule has 0 heterocycles. The summed E-state index contributed by atoms with van der Waals surface area (Å²) in [5.74, 6) is 0. The van der Waals surface area contributed by atoms with Crippen molar-refractivity contribution in [1.29, 1.82) is 0 Å². The summed E-state index contributed by atoms with van der Waals surface area (Å²) in [5.41, 5.74) is 0. The predicted molar refractivity (Wildman–Crippen MR) is 70.7 cm³/mol. The average molecular weight is 210 g/mol. The molecule has 90 valence electrons. The molecule has 0 aromatic carbocycles. The Kier molecular flexibility index (Phi) is 14.0. The summed E-state index contributed by atoms with van der Waals surface area (Å²) in [6.45, 7) is 6.13. The van der Waals surface area contributed by atoms with Gasteiger partial charge in [0.25, 0.3) is 0 Å². The molecule has 0 aromatic rings. The molecular formula is C15H30. The first-order chi connectivity index (χ1) is 7.41. The third-order valence-electron chi connectivity index (χ3n) is 2.92. The monoisotopic (exact) mass is 210 g/mol. The summed E-state index contributed by atoms with van der Waals surface area (Å²) < 4.78 is 0. The number of hydrogen-bond donors (Lipinski definition) is 0. The third-order valence-corrected chi connectivity index (χ3v) is 2.92. The molecule has 0 N–H and O–H groups in total. The Labute approximate surface area is 97.8 Å². The summed E-state index contributed by atoms with van der Waals surface area (Å²) in [5, 5.41) is 0. The molecule has 0 heteroatoms. The molecule has 0 atom stereocenters. The van der Waals surface area contributed by atoms with Crippen molar-refractivity contribution in [2.75, 3.05) is 0 Å². The normalized spacial score (nSPS) is 10.8. The molecule has 15 heavy (non-hydrogen) atoms. The Hall–Kier alpha value is 0. The SMILES string of the molecule is [CH2]CCCCCCCC[CH]CCCCC. The zero-order chi connectivity index (χ0) is 11.2. The van der Waals surface area contributed by atoms with E-state index in [0.29, 0.717) is 0 Å². The molecule has 0 fully saturated rings. The molecule has 0 aliphatic rings. The third kappa shape index (κ3) is 14.0. The molecule has 0 rings (SSSR count). The van der Waals surface area contributed by atoms with Crippen LogP contribution in [0.4, 0.5) is 0 Å². The van der Waals surface area contributed by atoms with Crippen molar-refractivity contribution in [3.05, 3.63) is 13.3 Å². The first-order valence-electron chi connectivity index (χ1n) is 7.02. The highest BCUT2D eigenvalue weighted by atomic mass is 14.0. The fourth-order valence-electron chi connectivity index (χ4n) is 1.86. The molecule has 0 spiro atoms. The molecule has 0 saturated heterocycles. The van der Waals surface area contributed by atoms with Crippen LogP contribution < -0.4 is 0 Å². The van der Waals surface area contributed by atoms with Gasteiger partial charge in [0.15, 0.2) is 0 Å². The van der Waals surface area contributed by atoms with E-state index >= 15 is 0 Å². The van der Waals surface area contributed by atoms with Gasteiger partial charge in [-0.1, -0.05) is 90.9 Å². The minimum absolute atomic E-state index is 1.12. The molecule has 0 bridgehead atoms. The van der Waals surface area contributed by atoms with Gasteiger partial charge in [0.2, 0.25) is 0 Å². The van der Waals surface area contributed by atoms with Gasteiger partial charge in [-0.15, -0.1) is 0 Å². The van der Waals surface area contributed by atoms with E-state index in [9.17, 15) is 0 Å². The zero-order valence-corrected chi connectivity index (χ0v) is 10.8. The van der Waals surface area contributed by atoms with Gasteiger partial charge in [0.1, 0.15) is 0 Å². The van der Waals surface area contributed by atoms with Crippen molar-refractivity contribution in [2.24, 2.45) is 0 Å². The smallest absolute Gasteiger partial charge is 0.0386 e. The van der Waals surface area contributed by atoms with Crippen molar-refractivity contribution in [1.82, 2.24) is 0 Å². The second-order valence-corrected chi connectivity index (χ2v) is 4.55. The lowest BCUT2D eigenvalue weighted by Crippen LogP contribution is -1.82. The van der Waals surface area contributed by atoms with E-state index < -0.39 is 0 Å². The summed E-state index contributed by atoms with van der Waals surface area (Å²) in [6, 6.07) is 0. The molecule has 0 aliphatic heterocycles. The molecule has 0 aromatic heterocycles. The predicted octanol–water partition coefficient (Wildman–Crippen LogP) is 5.73. The van der Waals surface area contributed by atoms with Crippen molar-refractivity contribution < 1.29 is 0 Å². The highest BCUT2D eigenvalue weighted by Gasteiger charge is 1.92. The minimum atomic E-state index is 1.12. The van der Waals surface area contributed by atoms with Crippen LogP contribution in [-0.2, 0) is 0 Å². The Morgan fingerprint density at radius 1 is 0.733 bits per heavy atom. The van der Waals surface area contributed by atoms with Crippen molar-refractivity contribution >= 4 is 0 Å². The largest absolute Gasteiger partial charge is 0.0654 e. The molecule has 0 amide bonds. The van der Waals surface area contributed by atoms with Gasteiger partial charge in [-0.25, -0.2) is 0 Å². The summed E-state index contributed by atoms with van der Waals surface area (Å²) in [7, 11) is 0. The molecule has 0 nitrogen and oxygen atoms in total. The Balaban J connectivity index is 2.81.